The predicted octanol–water partition coefficient (Wildman–Crippen LogP) is 1.73. The van der Waals surface area contributed by atoms with Crippen molar-refractivity contribution in [2.24, 2.45) is 11.8 Å². The Morgan fingerprint density at radius 2 is 1.89 bits per heavy atom. The molecule has 1 saturated heterocycles. The topological polar surface area (TPSA) is 47.6 Å². The van der Waals surface area contributed by atoms with Crippen LogP contribution < -0.4 is 5.32 Å². The van der Waals surface area contributed by atoms with E-state index in [0.29, 0.717) is 5.92 Å². The summed E-state index contributed by atoms with van der Waals surface area (Å²) in [5.74, 6) is 1.31. The lowest BCUT2D eigenvalue weighted by Crippen LogP contribution is -2.37. The third-order valence-electron chi connectivity index (χ3n) is 4.54. The van der Waals surface area contributed by atoms with Crippen molar-refractivity contribution in [3.8, 4) is 0 Å². The van der Waals surface area contributed by atoms with Crippen LogP contribution in [-0.2, 0) is 14.3 Å². The van der Waals surface area contributed by atoms with Gasteiger partial charge in [-0.2, -0.15) is 0 Å². The molecule has 18 heavy (non-hydrogen) atoms. The molecule has 1 N–H and O–H groups in total. The zero-order valence-corrected chi connectivity index (χ0v) is 11.6. The quantitative estimate of drug-likeness (QED) is 0.780. The molecule has 1 aliphatic heterocycles. The fraction of sp³-hybridized carbons (Fsp3) is 0.929. The molecular formula is C14H25NO3. The summed E-state index contributed by atoms with van der Waals surface area (Å²) < 4.78 is 10.9. The number of ether oxygens (including phenoxy) is 2. The Balaban J connectivity index is 1.78. The van der Waals surface area contributed by atoms with Gasteiger partial charge in [-0.3, -0.25) is 4.79 Å². The minimum atomic E-state index is -0.176. The molecule has 4 heteroatoms. The van der Waals surface area contributed by atoms with Crippen molar-refractivity contribution in [3.63, 3.8) is 0 Å². The molecule has 0 aromatic carbocycles. The Morgan fingerprint density at radius 3 is 2.50 bits per heavy atom. The molecule has 1 heterocycles. The predicted molar refractivity (Wildman–Crippen MR) is 69.3 cm³/mol. The largest absolute Gasteiger partial charge is 0.461 e. The Labute approximate surface area is 109 Å². The van der Waals surface area contributed by atoms with E-state index in [1.807, 2.05) is 0 Å². The Kier molecular flexibility index (Phi) is 4.62. The van der Waals surface area contributed by atoms with Crippen molar-refractivity contribution in [1.29, 1.82) is 0 Å². The number of methoxy groups -OCH3 is 1. The highest BCUT2D eigenvalue weighted by atomic mass is 16.5. The summed E-state index contributed by atoms with van der Waals surface area (Å²) in [5, 5.41) is 3.17. The first kappa shape index (κ1) is 13.8. The van der Waals surface area contributed by atoms with Crippen molar-refractivity contribution >= 4 is 5.97 Å². The number of carbonyl (C=O) groups excluding carboxylic acids is 1. The fourth-order valence-electron chi connectivity index (χ4n) is 2.91. The normalized spacial score (nSPS) is 40.7. The van der Waals surface area contributed by atoms with Crippen LogP contribution >= 0.6 is 0 Å². The summed E-state index contributed by atoms with van der Waals surface area (Å²) in [6.07, 6.45) is 4.18. The highest BCUT2D eigenvalue weighted by Gasteiger charge is 2.33. The standard InChI is InChI=1S/C14H25NO3/c1-9-4-5-11(6-10(9)2)18-14(16)13-7-12(17-3)8-15-13/h9-13,15H,4-8H2,1-3H3. The van der Waals surface area contributed by atoms with E-state index in [1.165, 1.54) is 0 Å². The van der Waals surface area contributed by atoms with Gasteiger partial charge in [0, 0.05) is 20.1 Å². The van der Waals surface area contributed by atoms with Crippen molar-refractivity contribution in [2.45, 2.75) is 57.8 Å². The Morgan fingerprint density at radius 1 is 1.11 bits per heavy atom. The zero-order valence-electron chi connectivity index (χ0n) is 11.6. The summed E-state index contributed by atoms with van der Waals surface area (Å²) >= 11 is 0. The Hall–Kier alpha value is -0.610. The molecule has 1 aliphatic carbocycles. The molecule has 0 amide bonds. The van der Waals surface area contributed by atoms with Crippen LogP contribution in [0.2, 0.25) is 0 Å². The Bertz CT molecular complexity index is 295. The number of hydrogen-bond acceptors (Lipinski definition) is 4. The van der Waals surface area contributed by atoms with Crippen LogP contribution in [0.1, 0.15) is 39.5 Å². The number of carbonyl (C=O) groups is 1. The van der Waals surface area contributed by atoms with E-state index in [-0.39, 0.29) is 24.2 Å². The minimum absolute atomic E-state index is 0.0960. The van der Waals surface area contributed by atoms with E-state index in [4.69, 9.17) is 9.47 Å². The molecule has 1 saturated carbocycles. The first-order valence-corrected chi connectivity index (χ1v) is 7.06. The van der Waals surface area contributed by atoms with Crippen LogP contribution in [0.3, 0.4) is 0 Å². The van der Waals surface area contributed by atoms with E-state index in [1.54, 1.807) is 7.11 Å². The smallest absolute Gasteiger partial charge is 0.323 e. The number of hydrogen-bond donors (Lipinski definition) is 1. The van der Waals surface area contributed by atoms with Crippen molar-refractivity contribution < 1.29 is 14.3 Å². The van der Waals surface area contributed by atoms with E-state index in [2.05, 4.69) is 19.2 Å². The molecule has 0 radical (unpaired) electrons. The second-order valence-electron chi connectivity index (χ2n) is 5.88. The maximum Gasteiger partial charge on any atom is 0.323 e. The van der Waals surface area contributed by atoms with Gasteiger partial charge in [-0.15, -0.1) is 0 Å². The molecule has 0 aromatic heterocycles. The van der Waals surface area contributed by atoms with Gasteiger partial charge < -0.3 is 14.8 Å². The molecule has 5 atom stereocenters. The maximum atomic E-state index is 12.0. The average Bonchev–Trinajstić information content (AvgIpc) is 2.82. The number of nitrogens with one attached hydrogen (secondary N) is 1. The van der Waals surface area contributed by atoms with Crippen LogP contribution in [-0.4, -0.2) is 37.9 Å². The molecule has 0 bridgehead atoms. The van der Waals surface area contributed by atoms with Crippen molar-refractivity contribution in [1.82, 2.24) is 5.32 Å². The van der Waals surface area contributed by atoms with Gasteiger partial charge in [0.1, 0.15) is 12.1 Å². The van der Waals surface area contributed by atoms with E-state index in [9.17, 15) is 4.79 Å². The third kappa shape index (κ3) is 3.23. The molecule has 4 nitrogen and oxygen atoms in total. The molecule has 0 spiro atoms. The van der Waals surface area contributed by atoms with Gasteiger partial charge in [-0.1, -0.05) is 13.8 Å². The lowest BCUT2D eigenvalue weighted by Gasteiger charge is -2.32. The second-order valence-corrected chi connectivity index (χ2v) is 5.88. The lowest BCUT2D eigenvalue weighted by molar-refractivity contribution is -0.154. The van der Waals surface area contributed by atoms with Crippen LogP contribution in [0.5, 0.6) is 0 Å². The molecular weight excluding hydrogens is 230 g/mol. The summed E-state index contributed by atoms with van der Waals surface area (Å²) in [6.45, 7) is 5.28. The van der Waals surface area contributed by atoms with E-state index in [0.717, 1.165) is 38.1 Å². The molecule has 2 aliphatic rings. The van der Waals surface area contributed by atoms with E-state index >= 15 is 0 Å². The molecule has 2 rings (SSSR count). The van der Waals surface area contributed by atoms with Crippen LogP contribution in [0.15, 0.2) is 0 Å². The lowest BCUT2D eigenvalue weighted by atomic mass is 9.80. The van der Waals surface area contributed by atoms with Crippen molar-refractivity contribution in [3.05, 3.63) is 0 Å². The SMILES string of the molecule is COC1CNC(C(=O)OC2CCC(C)C(C)C2)C1. The average molecular weight is 255 g/mol. The molecule has 2 fully saturated rings. The van der Waals surface area contributed by atoms with Gasteiger partial charge in [0.2, 0.25) is 0 Å². The molecule has 0 aromatic rings. The highest BCUT2D eigenvalue weighted by molar-refractivity contribution is 5.76. The van der Waals surface area contributed by atoms with Crippen LogP contribution in [0.4, 0.5) is 0 Å². The van der Waals surface area contributed by atoms with Crippen LogP contribution in [0.25, 0.3) is 0 Å². The second kappa shape index (κ2) is 6.02. The van der Waals surface area contributed by atoms with Gasteiger partial charge in [-0.05, 0) is 31.1 Å². The fourth-order valence-corrected chi connectivity index (χ4v) is 2.91. The first-order chi connectivity index (χ1) is 8.60. The summed E-state index contributed by atoms with van der Waals surface area (Å²) in [6, 6.07) is -0.176. The first-order valence-electron chi connectivity index (χ1n) is 7.06. The van der Waals surface area contributed by atoms with Crippen molar-refractivity contribution in [2.75, 3.05) is 13.7 Å². The monoisotopic (exact) mass is 255 g/mol. The van der Waals surface area contributed by atoms with Gasteiger partial charge in [0.15, 0.2) is 0 Å². The highest BCUT2D eigenvalue weighted by Crippen LogP contribution is 2.31. The third-order valence-corrected chi connectivity index (χ3v) is 4.54. The summed E-state index contributed by atoms with van der Waals surface area (Å²) in [7, 11) is 1.68. The molecule has 104 valence electrons. The number of esters is 1. The van der Waals surface area contributed by atoms with Crippen LogP contribution in [0, 0.1) is 11.8 Å². The van der Waals surface area contributed by atoms with E-state index < -0.39 is 0 Å². The number of rotatable bonds is 3. The van der Waals surface area contributed by atoms with Gasteiger partial charge in [0.25, 0.3) is 0 Å². The van der Waals surface area contributed by atoms with Gasteiger partial charge >= 0.3 is 5.97 Å². The van der Waals surface area contributed by atoms with Gasteiger partial charge in [-0.25, -0.2) is 0 Å². The summed E-state index contributed by atoms with van der Waals surface area (Å²) in [4.78, 5) is 12.0. The molecule has 5 unspecified atom stereocenters. The zero-order chi connectivity index (χ0) is 13.1. The minimum Gasteiger partial charge on any atom is -0.461 e. The summed E-state index contributed by atoms with van der Waals surface area (Å²) in [5.41, 5.74) is 0. The maximum absolute atomic E-state index is 12.0. The van der Waals surface area contributed by atoms with Gasteiger partial charge in [0.05, 0.1) is 6.10 Å².